The predicted octanol–water partition coefficient (Wildman–Crippen LogP) is 2.31. The van der Waals surface area contributed by atoms with Crippen LogP contribution in [-0.2, 0) is 0 Å². The summed E-state index contributed by atoms with van der Waals surface area (Å²) in [4.78, 5) is 13.4. The fourth-order valence-corrected chi connectivity index (χ4v) is 1.41. The van der Waals surface area contributed by atoms with E-state index in [-0.39, 0.29) is 11.6 Å². The number of hydrogen-bond acceptors (Lipinski definition) is 1. The van der Waals surface area contributed by atoms with Crippen molar-refractivity contribution < 1.29 is 4.79 Å². The second-order valence-corrected chi connectivity index (χ2v) is 4.19. The molecule has 3 nitrogen and oxygen atoms in total. The van der Waals surface area contributed by atoms with Crippen molar-refractivity contribution >= 4 is 11.7 Å². The summed E-state index contributed by atoms with van der Waals surface area (Å²) in [5.74, 6) is 0. The van der Waals surface area contributed by atoms with Crippen molar-refractivity contribution in [1.29, 1.82) is 0 Å². The number of urea groups is 1. The summed E-state index contributed by atoms with van der Waals surface area (Å²) in [5, 5.41) is 2.85. The van der Waals surface area contributed by atoms with Gasteiger partial charge in [-0.15, -0.1) is 0 Å². The molecule has 2 rings (SSSR count). The lowest BCUT2D eigenvalue weighted by Gasteiger charge is -2.08. The van der Waals surface area contributed by atoms with Gasteiger partial charge in [0.05, 0.1) is 5.54 Å². The average molecular weight is 190 g/mol. The summed E-state index contributed by atoms with van der Waals surface area (Å²) in [6, 6.07) is 9.49. The number of nitrogens with one attached hydrogen (secondary N) is 1. The zero-order valence-corrected chi connectivity index (χ0v) is 8.45. The van der Waals surface area contributed by atoms with Crippen LogP contribution in [0.5, 0.6) is 0 Å². The smallest absolute Gasteiger partial charge is 0.315 e. The quantitative estimate of drug-likeness (QED) is 0.677. The van der Waals surface area contributed by atoms with Gasteiger partial charge in [0.25, 0.3) is 0 Å². The van der Waals surface area contributed by atoms with Crippen molar-refractivity contribution in [2.75, 3.05) is 11.9 Å². The van der Waals surface area contributed by atoms with Crippen molar-refractivity contribution in [3.63, 3.8) is 0 Å². The van der Waals surface area contributed by atoms with E-state index in [9.17, 15) is 4.79 Å². The molecule has 74 valence electrons. The van der Waals surface area contributed by atoms with Crippen molar-refractivity contribution in [3.8, 4) is 0 Å². The third-order valence-corrected chi connectivity index (χ3v) is 2.44. The Bertz CT molecular complexity index is 346. The van der Waals surface area contributed by atoms with Crippen LogP contribution >= 0.6 is 0 Å². The number of carbonyl (C=O) groups is 1. The minimum Gasteiger partial charge on any atom is -0.315 e. The molecular formula is C11H14N2O. The lowest BCUT2D eigenvalue weighted by atomic mass is 10.2. The van der Waals surface area contributed by atoms with Gasteiger partial charge in [0.15, 0.2) is 0 Å². The number of nitrogens with zero attached hydrogens (tertiary/aromatic N) is 1. The maximum Gasteiger partial charge on any atom is 0.322 e. The van der Waals surface area contributed by atoms with Gasteiger partial charge in [0, 0.05) is 12.2 Å². The Balaban J connectivity index is 1.97. The molecule has 1 heterocycles. The molecule has 1 N–H and O–H groups in total. The summed E-state index contributed by atoms with van der Waals surface area (Å²) < 4.78 is 0. The average Bonchev–Trinajstić information content (AvgIpc) is 2.77. The molecule has 14 heavy (non-hydrogen) atoms. The van der Waals surface area contributed by atoms with E-state index < -0.39 is 0 Å². The van der Waals surface area contributed by atoms with Crippen molar-refractivity contribution in [2.24, 2.45) is 0 Å². The first-order valence-electron chi connectivity index (χ1n) is 4.73. The van der Waals surface area contributed by atoms with Gasteiger partial charge in [-0.25, -0.2) is 4.79 Å². The Morgan fingerprint density at radius 2 is 1.93 bits per heavy atom. The van der Waals surface area contributed by atoms with Gasteiger partial charge in [-0.05, 0) is 26.0 Å². The third kappa shape index (κ3) is 1.71. The monoisotopic (exact) mass is 190 g/mol. The Labute approximate surface area is 83.7 Å². The Morgan fingerprint density at radius 1 is 1.36 bits per heavy atom. The van der Waals surface area contributed by atoms with E-state index in [4.69, 9.17) is 0 Å². The largest absolute Gasteiger partial charge is 0.322 e. The van der Waals surface area contributed by atoms with E-state index >= 15 is 0 Å². The molecule has 0 bridgehead atoms. The number of para-hydroxylation sites is 1. The summed E-state index contributed by atoms with van der Waals surface area (Å²) in [6.45, 7) is 4.95. The number of benzene rings is 1. The van der Waals surface area contributed by atoms with E-state index in [0.29, 0.717) is 0 Å². The second kappa shape index (κ2) is 3.01. The maximum atomic E-state index is 11.6. The lowest BCUT2D eigenvalue weighted by molar-refractivity contribution is 0.236. The Morgan fingerprint density at radius 3 is 2.43 bits per heavy atom. The van der Waals surface area contributed by atoms with Gasteiger partial charge < -0.3 is 10.2 Å². The highest BCUT2D eigenvalue weighted by atomic mass is 16.2. The van der Waals surface area contributed by atoms with Crippen LogP contribution in [-0.4, -0.2) is 23.0 Å². The molecule has 3 heteroatoms. The fraction of sp³-hybridized carbons (Fsp3) is 0.364. The molecule has 1 aromatic carbocycles. The molecule has 1 aromatic rings. The molecule has 0 radical (unpaired) electrons. The maximum absolute atomic E-state index is 11.6. The second-order valence-electron chi connectivity index (χ2n) is 4.19. The molecule has 0 spiro atoms. The minimum atomic E-state index is -0.0128. The molecule has 1 fully saturated rings. The molecule has 0 saturated carbocycles. The van der Waals surface area contributed by atoms with E-state index in [1.165, 1.54) is 0 Å². The number of hydrogen-bond donors (Lipinski definition) is 1. The molecule has 1 saturated heterocycles. The molecule has 1 aliphatic rings. The highest BCUT2D eigenvalue weighted by molar-refractivity contribution is 5.91. The summed E-state index contributed by atoms with van der Waals surface area (Å²) in [6.07, 6.45) is 0. The van der Waals surface area contributed by atoms with Crippen molar-refractivity contribution in [1.82, 2.24) is 4.90 Å². The van der Waals surface area contributed by atoms with E-state index in [1.54, 1.807) is 4.90 Å². The first-order chi connectivity index (χ1) is 6.59. The van der Waals surface area contributed by atoms with Crippen molar-refractivity contribution in [3.05, 3.63) is 30.3 Å². The third-order valence-electron chi connectivity index (χ3n) is 2.44. The van der Waals surface area contributed by atoms with Crippen LogP contribution in [0.15, 0.2) is 30.3 Å². The predicted molar refractivity (Wildman–Crippen MR) is 56.2 cm³/mol. The Hall–Kier alpha value is -1.51. The highest BCUT2D eigenvalue weighted by Gasteiger charge is 2.46. The molecule has 0 aliphatic carbocycles. The lowest BCUT2D eigenvalue weighted by Crippen LogP contribution is -2.23. The number of amides is 2. The number of rotatable bonds is 1. The van der Waals surface area contributed by atoms with Gasteiger partial charge >= 0.3 is 6.03 Å². The van der Waals surface area contributed by atoms with Crippen LogP contribution in [0, 0.1) is 0 Å². The van der Waals surface area contributed by atoms with E-state index in [1.807, 2.05) is 30.3 Å². The first kappa shape index (κ1) is 9.06. The topological polar surface area (TPSA) is 32.1 Å². The Kier molecular flexibility index (Phi) is 1.95. The van der Waals surface area contributed by atoms with E-state index in [2.05, 4.69) is 19.2 Å². The zero-order valence-electron chi connectivity index (χ0n) is 8.45. The van der Waals surface area contributed by atoms with Crippen LogP contribution in [0.4, 0.5) is 10.5 Å². The van der Waals surface area contributed by atoms with Gasteiger partial charge in [-0.1, -0.05) is 18.2 Å². The molecule has 1 aliphatic heterocycles. The number of carbonyl (C=O) groups excluding carboxylic acids is 1. The van der Waals surface area contributed by atoms with Crippen LogP contribution in [0.1, 0.15) is 13.8 Å². The fourth-order valence-electron chi connectivity index (χ4n) is 1.41. The van der Waals surface area contributed by atoms with Crippen LogP contribution in [0.3, 0.4) is 0 Å². The number of anilines is 1. The molecule has 0 aromatic heterocycles. The highest BCUT2D eigenvalue weighted by Crippen LogP contribution is 2.31. The van der Waals surface area contributed by atoms with Gasteiger partial charge in [-0.2, -0.15) is 0 Å². The minimum absolute atomic E-state index is 0.0128. The summed E-state index contributed by atoms with van der Waals surface area (Å²) >= 11 is 0. The summed E-state index contributed by atoms with van der Waals surface area (Å²) in [5.41, 5.74) is 0.888. The standard InChI is InChI=1S/C11H14N2O/c1-11(2)8-13(11)10(14)12-9-6-4-3-5-7-9/h3-7H,8H2,1-2H3,(H,12,14). The van der Waals surface area contributed by atoms with Crippen LogP contribution < -0.4 is 5.32 Å². The molecule has 0 atom stereocenters. The van der Waals surface area contributed by atoms with Gasteiger partial charge in [0.1, 0.15) is 0 Å². The SMILES string of the molecule is CC1(C)CN1C(=O)Nc1ccccc1. The summed E-state index contributed by atoms with van der Waals surface area (Å²) in [7, 11) is 0. The normalized spacial score (nSPS) is 17.7. The first-order valence-corrected chi connectivity index (χ1v) is 4.73. The molecule has 0 unspecified atom stereocenters. The molecular weight excluding hydrogens is 176 g/mol. The zero-order chi connectivity index (χ0) is 10.2. The van der Waals surface area contributed by atoms with Crippen LogP contribution in [0.25, 0.3) is 0 Å². The molecule has 2 amide bonds. The van der Waals surface area contributed by atoms with Gasteiger partial charge in [-0.3, -0.25) is 0 Å². The van der Waals surface area contributed by atoms with Crippen molar-refractivity contribution in [2.45, 2.75) is 19.4 Å². The van der Waals surface area contributed by atoms with E-state index in [0.717, 1.165) is 12.2 Å². The van der Waals surface area contributed by atoms with Gasteiger partial charge in [0.2, 0.25) is 0 Å². The van der Waals surface area contributed by atoms with Crippen LogP contribution in [0.2, 0.25) is 0 Å².